The van der Waals surface area contributed by atoms with Gasteiger partial charge in [-0.3, -0.25) is 4.79 Å². The average molecular weight is 184 g/mol. The van der Waals surface area contributed by atoms with Crippen molar-refractivity contribution in [2.24, 2.45) is 0 Å². The number of anilines is 1. The van der Waals surface area contributed by atoms with Gasteiger partial charge in [-0.1, -0.05) is 11.6 Å². The maximum absolute atomic E-state index is 10.6. The summed E-state index contributed by atoms with van der Waals surface area (Å²) in [5, 5.41) is 3.05. The van der Waals surface area contributed by atoms with Crippen molar-refractivity contribution < 1.29 is 4.79 Å². The van der Waals surface area contributed by atoms with Gasteiger partial charge in [-0.25, -0.2) is 4.98 Å². The first-order valence-corrected chi connectivity index (χ1v) is 3.79. The third-order valence-corrected chi connectivity index (χ3v) is 1.65. The summed E-state index contributed by atoms with van der Waals surface area (Å²) in [5.74, 6) is 0.241. The predicted octanol–water partition coefficient (Wildman–Crippen LogP) is 1.80. The Morgan fingerprint density at radius 2 is 2.42 bits per heavy atom. The number of halogens is 1. The van der Waals surface area contributed by atoms with Crippen LogP contribution in [0.15, 0.2) is 6.20 Å². The Kier molecular flexibility index (Phi) is 2.65. The number of hydrogen-bond acceptors (Lipinski definition) is 2. The Bertz CT molecular complexity index is 312. The molecule has 0 saturated heterocycles. The molecule has 1 heterocycles. The monoisotopic (exact) mass is 183 g/mol. The Balaban J connectivity index is 2.89. The van der Waals surface area contributed by atoms with Crippen molar-refractivity contribution in [2.75, 3.05) is 5.32 Å². The maximum Gasteiger partial charge on any atom is 0.222 e. The molecule has 0 aliphatic heterocycles. The highest BCUT2D eigenvalue weighted by molar-refractivity contribution is 6.31. The quantitative estimate of drug-likeness (QED) is 0.722. The van der Waals surface area contributed by atoms with Crippen molar-refractivity contribution in [1.29, 1.82) is 0 Å². The second-order valence-corrected chi connectivity index (χ2v) is 2.79. The lowest BCUT2D eigenvalue weighted by molar-refractivity contribution is -0.114. The molecular formula is C8H8ClN2O. The highest BCUT2D eigenvalue weighted by Gasteiger charge is 2.00. The van der Waals surface area contributed by atoms with Crippen molar-refractivity contribution in [3.8, 4) is 0 Å². The second kappa shape index (κ2) is 3.54. The minimum absolute atomic E-state index is 0.166. The standard InChI is InChI=1S/C8H8ClN2O/c1-5-3-8(11-6(2)12)10-4-7(5)9/h4H,1-2H3,(H,10,11,12). The van der Waals surface area contributed by atoms with E-state index in [1.165, 1.54) is 13.1 Å². The van der Waals surface area contributed by atoms with Crippen LogP contribution in [0.4, 0.5) is 5.82 Å². The van der Waals surface area contributed by atoms with Crippen LogP contribution in [0.3, 0.4) is 0 Å². The lowest BCUT2D eigenvalue weighted by Gasteiger charge is -2.01. The van der Waals surface area contributed by atoms with Crippen LogP contribution in [0.25, 0.3) is 0 Å². The number of aromatic nitrogens is 1. The summed E-state index contributed by atoms with van der Waals surface area (Å²) >= 11 is 5.71. The van der Waals surface area contributed by atoms with E-state index in [-0.39, 0.29) is 5.91 Å². The Labute approximate surface area is 75.8 Å². The highest BCUT2D eigenvalue weighted by Crippen LogP contribution is 2.15. The molecule has 3 nitrogen and oxygen atoms in total. The number of nitrogens with zero attached hydrogens (tertiary/aromatic N) is 1. The molecule has 0 saturated carbocycles. The van der Waals surface area contributed by atoms with Crippen LogP contribution in [0.5, 0.6) is 0 Å². The number of nitrogens with one attached hydrogen (secondary N) is 1. The van der Waals surface area contributed by atoms with Gasteiger partial charge < -0.3 is 5.32 Å². The van der Waals surface area contributed by atoms with Gasteiger partial charge in [0.25, 0.3) is 0 Å². The van der Waals surface area contributed by atoms with Gasteiger partial charge in [0.15, 0.2) is 0 Å². The van der Waals surface area contributed by atoms with Crippen LogP contribution in [0.1, 0.15) is 12.5 Å². The average Bonchev–Trinajstić information content (AvgIpc) is 1.96. The number of aryl methyl sites for hydroxylation is 1. The molecule has 1 N–H and O–H groups in total. The van der Waals surface area contributed by atoms with E-state index in [0.29, 0.717) is 10.8 Å². The van der Waals surface area contributed by atoms with Gasteiger partial charge in [0, 0.05) is 19.2 Å². The summed E-state index contributed by atoms with van der Waals surface area (Å²) in [5.41, 5.74) is 0.774. The Hall–Kier alpha value is -1.09. The van der Waals surface area contributed by atoms with E-state index in [4.69, 9.17) is 11.6 Å². The zero-order chi connectivity index (χ0) is 9.14. The third-order valence-electron chi connectivity index (χ3n) is 1.27. The molecule has 0 bridgehead atoms. The Morgan fingerprint density at radius 3 is 2.92 bits per heavy atom. The van der Waals surface area contributed by atoms with E-state index in [2.05, 4.69) is 16.4 Å². The lowest BCUT2D eigenvalue weighted by atomic mass is 10.3. The first-order valence-electron chi connectivity index (χ1n) is 3.41. The molecule has 1 amide bonds. The van der Waals surface area contributed by atoms with Crippen LogP contribution >= 0.6 is 11.6 Å². The van der Waals surface area contributed by atoms with Crippen molar-refractivity contribution in [2.45, 2.75) is 13.8 Å². The first kappa shape index (κ1) is 9.00. The van der Waals surface area contributed by atoms with Crippen molar-refractivity contribution >= 4 is 23.3 Å². The molecule has 1 radical (unpaired) electrons. The molecule has 0 fully saturated rings. The summed E-state index contributed by atoms with van der Waals surface area (Å²) in [6.45, 7) is 3.22. The maximum atomic E-state index is 10.6. The van der Waals surface area contributed by atoms with Crippen LogP contribution in [-0.4, -0.2) is 10.9 Å². The summed E-state index contributed by atoms with van der Waals surface area (Å²) < 4.78 is 0. The second-order valence-electron chi connectivity index (χ2n) is 2.39. The van der Waals surface area contributed by atoms with E-state index < -0.39 is 0 Å². The van der Waals surface area contributed by atoms with E-state index in [1.54, 1.807) is 6.92 Å². The third kappa shape index (κ3) is 2.20. The largest absolute Gasteiger partial charge is 0.310 e. The molecule has 63 valence electrons. The number of amides is 1. The van der Waals surface area contributed by atoms with E-state index in [0.717, 1.165) is 5.56 Å². The minimum atomic E-state index is -0.166. The normalized spacial score (nSPS) is 9.58. The van der Waals surface area contributed by atoms with E-state index >= 15 is 0 Å². The highest BCUT2D eigenvalue weighted by atomic mass is 35.5. The van der Waals surface area contributed by atoms with Gasteiger partial charge in [-0.15, -0.1) is 0 Å². The van der Waals surface area contributed by atoms with Gasteiger partial charge in [0.05, 0.1) is 5.02 Å². The molecule has 1 aromatic heterocycles. The zero-order valence-corrected chi connectivity index (χ0v) is 7.57. The van der Waals surface area contributed by atoms with Gasteiger partial charge in [0.1, 0.15) is 5.82 Å². The number of carbonyl (C=O) groups excluding carboxylic acids is 1. The molecule has 12 heavy (non-hydrogen) atoms. The SMILES string of the molecule is CC(=O)Nc1[c]c(C)c(Cl)cn1. The van der Waals surface area contributed by atoms with Crippen LogP contribution in [0.2, 0.25) is 5.02 Å². The Morgan fingerprint density at radius 1 is 1.75 bits per heavy atom. The summed E-state index contributed by atoms with van der Waals surface area (Å²) in [7, 11) is 0. The molecule has 4 heteroatoms. The molecule has 0 atom stereocenters. The molecule has 0 spiro atoms. The van der Waals surface area contributed by atoms with E-state index in [9.17, 15) is 4.79 Å². The van der Waals surface area contributed by atoms with Gasteiger partial charge >= 0.3 is 0 Å². The smallest absolute Gasteiger partial charge is 0.222 e. The van der Waals surface area contributed by atoms with Gasteiger partial charge in [-0.05, 0) is 12.5 Å². The number of carbonyl (C=O) groups is 1. The first-order chi connectivity index (χ1) is 5.59. The molecule has 0 aliphatic rings. The number of hydrogen-bond donors (Lipinski definition) is 1. The van der Waals surface area contributed by atoms with Crippen molar-refractivity contribution in [3.05, 3.63) is 22.8 Å². The van der Waals surface area contributed by atoms with Crippen molar-refractivity contribution in [1.82, 2.24) is 4.98 Å². The molecule has 0 unspecified atom stereocenters. The molecule has 1 rings (SSSR count). The number of rotatable bonds is 1. The lowest BCUT2D eigenvalue weighted by Crippen LogP contribution is -2.07. The van der Waals surface area contributed by atoms with Gasteiger partial charge in [0.2, 0.25) is 5.91 Å². The number of pyridine rings is 1. The molecule has 0 aromatic carbocycles. The van der Waals surface area contributed by atoms with Crippen LogP contribution in [0, 0.1) is 13.0 Å². The molecule has 0 aliphatic carbocycles. The predicted molar refractivity (Wildman–Crippen MR) is 47.1 cm³/mol. The molecular weight excluding hydrogens is 176 g/mol. The van der Waals surface area contributed by atoms with E-state index in [1.807, 2.05) is 0 Å². The van der Waals surface area contributed by atoms with Gasteiger partial charge in [-0.2, -0.15) is 0 Å². The summed E-state index contributed by atoms with van der Waals surface area (Å²) in [6, 6.07) is 2.83. The fourth-order valence-corrected chi connectivity index (χ4v) is 0.814. The topological polar surface area (TPSA) is 42.0 Å². The summed E-state index contributed by atoms with van der Waals surface area (Å²) in [6.07, 6.45) is 1.48. The fraction of sp³-hybridized carbons (Fsp3) is 0.250. The summed E-state index contributed by atoms with van der Waals surface area (Å²) in [4.78, 5) is 14.5. The molecule has 1 aromatic rings. The minimum Gasteiger partial charge on any atom is -0.310 e. The van der Waals surface area contributed by atoms with Crippen LogP contribution < -0.4 is 5.32 Å². The van der Waals surface area contributed by atoms with Crippen LogP contribution in [-0.2, 0) is 4.79 Å². The zero-order valence-electron chi connectivity index (χ0n) is 6.81. The fourth-order valence-electron chi connectivity index (χ4n) is 0.718. The van der Waals surface area contributed by atoms with Crippen molar-refractivity contribution in [3.63, 3.8) is 0 Å².